The maximum atomic E-state index is 11.1. The summed E-state index contributed by atoms with van der Waals surface area (Å²) < 4.78 is 0. The molecule has 0 aliphatic heterocycles. The second-order valence-electron chi connectivity index (χ2n) is 4.59. The van der Waals surface area contributed by atoms with Crippen LogP contribution in [0, 0.1) is 0 Å². The number of carbonyl (C=O) groups excluding carboxylic acids is 1. The first-order valence-corrected chi connectivity index (χ1v) is 7.63. The summed E-state index contributed by atoms with van der Waals surface area (Å²) in [6.07, 6.45) is 1.75. The summed E-state index contributed by atoms with van der Waals surface area (Å²) in [4.78, 5) is 26.3. The number of aromatic nitrogens is 1. The average Bonchev–Trinajstić information content (AvgIpc) is 2.46. The molecule has 5 nitrogen and oxygen atoms in total. The Morgan fingerprint density at radius 1 is 1.33 bits per heavy atom. The number of nitrogens with zero attached hydrogens (tertiary/aromatic N) is 1. The topological polar surface area (TPSA) is 79.3 Å². The Kier molecular flexibility index (Phi) is 5.16. The molecule has 0 saturated carbocycles. The monoisotopic (exact) mass is 304 g/mol. The zero-order valence-corrected chi connectivity index (χ0v) is 12.4. The van der Waals surface area contributed by atoms with Crippen molar-refractivity contribution in [2.24, 2.45) is 0 Å². The van der Waals surface area contributed by atoms with Crippen LogP contribution in [0.4, 0.5) is 0 Å². The number of benzene rings is 1. The van der Waals surface area contributed by atoms with E-state index in [0.717, 1.165) is 16.5 Å². The first-order valence-electron chi connectivity index (χ1n) is 6.48. The standard InChI is InChI=1S/C15H16N2O3S/c1-10(18)17-14(15(19)20)9-21-8-11-6-7-16-13-5-3-2-4-12(11)13/h2-7,14H,8-9H2,1H3,(H,17,18)(H,19,20). The number of pyridine rings is 1. The molecule has 1 heterocycles. The van der Waals surface area contributed by atoms with Gasteiger partial charge in [0, 0.05) is 30.0 Å². The number of carbonyl (C=O) groups is 2. The van der Waals surface area contributed by atoms with E-state index in [2.05, 4.69) is 10.3 Å². The van der Waals surface area contributed by atoms with Crippen LogP contribution in [0.2, 0.25) is 0 Å². The number of para-hydroxylation sites is 1. The fraction of sp³-hybridized carbons (Fsp3) is 0.267. The third kappa shape index (κ3) is 4.19. The third-order valence-corrected chi connectivity index (χ3v) is 4.04. The molecular formula is C15H16N2O3S. The minimum Gasteiger partial charge on any atom is -0.480 e. The van der Waals surface area contributed by atoms with E-state index in [1.54, 1.807) is 6.20 Å². The molecule has 21 heavy (non-hydrogen) atoms. The van der Waals surface area contributed by atoms with E-state index < -0.39 is 12.0 Å². The Morgan fingerprint density at radius 3 is 2.81 bits per heavy atom. The van der Waals surface area contributed by atoms with E-state index in [4.69, 9.17) is 5.11 Å². The largest absolute Gasteiger partial charge is 0.480 e. The smallest absolute Gasteiger partial charge is 0.327 e. The molecule has 0 aliphatic rings. The molecule has 2 N–H and O–H groups in total. The Hall–Kier alpha value is -2.08. The quantitative estimate of drug-likeness (QED) is 0.854. The fourth-order valence-electron chi connectivity index (χ4n) is 1.99. The summed E-state index contributed by atoms with van der Waals surface area (Å²) in [7, 11) is 0. The van der Waals surface area contributed by atoms with Gasteiger partial charge in [0.15, 0.2) is 0 Å². The van der Waals surface area contributed by atoms with Gasteiger partial charge >= 0.3 is 5.97 Å². The molecule has 1 unspecified atom stereocenters. The van der Waals surface area contributed by atoms with E-state index in [-0.39, 0.29) is 5.91 Å². The molecule has 1 amide bonds. The van der Waals surface area contributed by atoms with Gasteiger partial charge in [0.2, 0.25) is 5.91 Å². The van der Waals surface area contributed by atoms with Gasteiger partial charge in [-0.2, -0.15) is 11.8 Å². The van der Waals surface area contributed by atoms with Crippen molar-refractivity contribution in [3.05, 3.63) is 42.1 Å². The molecule has 110 valence electrons. The lowest BCUT2D eigenvalue weighted by Gasteiger charge is -2.13. The van der Waals surface area contributed by atoms with E-state index in [0.29, 0.717) is 11.5 Å². The van der Waals surface area contributed by atoms with Gasteiger partial charge in [0.25, 0.3) is 0 Å². The van der Waals surface area contributed by atoms with Gasteiger partial charge in [-0.05, 0) is 17.7 Å². The predicted octanol–water partition coefficient (Wildman–Crippen LogP) is 2.06. The number of aliphatic carboxylic acids is 1. The van der Waals surface area contributed by atoms with Gasteiger partial charge in [-0.3, -0.25) is 9.78 Å². The normalized spacial score (nSPS) is 12.0. The van der Waals surface area contributed by atoms with Crippen LogP contribution in [-0.4, -0.2) is 33.8 Å². The number of thioether (sulfide) groups is 1. The van der Waals surface area contributed by atoms with Crippen molar-refractivity contribution in [3.63, 3.8) is 0 Å². The van der Waals surface area contributed by atoms with Crippen LogP contribution in [0.3, 0.4) is 0 Å². The lowest BCUT2D eigenvalue weighted by Crippen LogP contribution is -2.41. The molecular weight excluding hydrogens is 288 g/mol. The minimum atomic E-state index is -1.02. The second kappa shape index (κ2) is 7.08. The predicted molar refractivity (Wildman–Crippen MR) is 83.1 cm³/mol. The Bertz CT molecular complexity index is 655. The highest BCUT2D eigenvalue weighted by atomic mass is 32.2. The Labute approximate surface area is 126 Å². The first kappa shape index (κ1) is 15.3. The average molecular weight is 304 g/mol. The molecule has 0 saturated heterocycles. The van der Waals surface area contributed by atoms with Crippen molar-refractivity contribution in [2.75, 3.05) is 5.75 Å². The molecule has 1 atom stereocenters. The highest BCUT2D eigenvalue weighted by molar-refractivity contribution is 7.98. The van der Waals surface area contributed by atoms with Crippen LogP contribution >= 0.6 is 11.8 Å². The van der Waals surface area contributed by atoms with Crippen molar-refractivity contribution < 1.29 is 14.7 Å². The summed E-state index contributed by atoms with van der Waals surface area (Å²) >= 11 is 1.48. The lowest BCUT2D eigenvalue weighted by molar-refractivity contribution is -0.140. The van der Waals surface area contributed by atoms with Crippen molar-refractivity contribution in [1.82, 2.24) is 10.3 Å². The van der Waals surface area contributed by atoms with Crippen molar-refractivity contribution in [2.45, 2.75) is 18.7 Å². The number of amides is 1. The molecule has 0 aliphatic carbocycles. The zero-order valence-electron chi connectivity index (χ0n) is 11.6. The number of nitrogens with one attached hydrogen (secondary N) is 1. The van der Waals surface area contributed by atoms with Gasteiger partial charge in [-0.25, -0.2) is 4.79 Å². The summed E-state index contributed by atoms with van der Waals surface area (Å²) in [5.74, 6) is -0.354. The summed E-state index contributed by atoms with van der Waals surface area (Å²) in [6.45, 7) is 1.32. The van der Waals surface area contributed by atoms with Crippen LogP contribution in [0.15, 0.2) is 36.5 Å². The number of hydrogen-bond acceptors (Lipinski definition) is 4. The maximum Gasteiger partial charge on any atom is 0.327 e. The van der Waals surface area contributed by atoms with Crippen molar-refractivity contribution in [1.29, 1.82) is 0 Å². The van der Waals surface area contributed by atoms with Gasteiger partial charge in [-0.15, -0.1) is 0 Å². The van der Waals surface area contributed by atoms with Crippen LogP contribution in [0.25, 0.3) is 10.9 Å². The minimum absolute atomic E-state index is 0.325. The van der Waals surface area contributed by atoms with Crippen LogP contribution in [0.5, 0.6) is 0 Å². The Morgan fingerprint density at radius 2 is 2.10 bits per heavy atom. The SMILES string of the molecule is CC(=O)NC(CSCc1ccnc2ccccc12)C(=O)O. The van der Waals surface area contributed by atoms with Gasteiger partial charge in [-0.1, -0.05) is 18.2 Å². The van der Waals surface area contributed by atoms with Crippen LogP contribution < -0.4 is 5.32 Å². The first-order chi connectivity index (χ1) is 10.1. The summed E-state index contributed by atoms with van der Waals surface area (Å²) in [5.41, 5.74) is 2.03. The van der Waals surface area contributed by atoms with Crippen molar-refractivity contribution in [3.8, 4) is 0 Å². The van der Waals surface area contributed by atoms with E-state index in [9.17, 15) is 9.59 Å². The molecule has 2 rings (SSSR count). The molecule has 0 spiro atoms. The maximum absolute atomic E-state index is 11.1. The van der Waals surface area contributed by atoms with Gasteiger partial charge in [0.1, 0.15) is 6.04 Å². The molecule has 0 bridgehead atoms. The van der Waals surface area contributed by atoms with Crippen LogP contribution in [-0.2, 0) is 15.3 Å². The fourth-order valence-corrected chi connectivity index (χ4v) is 3.04. The number of rotatable bonds is 6. The molecule has 0 fully saturated rings. The number of fused-ring (bicyclic) bond motifs is 1. The van der Waals surface area contributed by atoms with Crippen molar-refractivity contribution >= 4 is 34.5 Å². The third-order valence-electron chi connectivity index (χ3n) is 2.96. The summed E-state index contributed by atoms with van der Waals surface area (Å²) in [6, 6.07) is 8.91. The number of carboxylic acid groups (broad SMARTS) is 1. The Balaban J connectivity index is 2.01. The molecule has 2 aromatic rings. The molecule has 6 heteroatoms. The highest BCUT2D eigenvalue weighted by Gasteiger charge is 2.18. The van der Waals surface area contributed by atoms with E-state index in [1.165, 1.54) is 18.7 Å². The lowest BCUT2D eigenvalue weighted by atomic mass is 10.1. The summed E-state index contributed by atoms with van der Waals surface area (Å²) in [5, 5.41) is 12.6. The number of carboxylic acids is 1. The van der Waals surface area contributed by atoms with Crippen LogP contribution in [0.1, 0.15) is 12.5 Å². The molecule has 0 radical (unpaired) electrons. The van der Waals surface area contributed by atoms with E-state index in [1.807, 2.05) is 30.3 Å². The second-order valence-corrected chi connectivity index (χ2v) is 5.62. The van der Waals surface area contributed by atoms with Gasteiger partial charge in [0.05, 0.1) is 5.52 Å². The molecule has 1 aromatic heterocycles. The number of hydrogen-bond donors (Lipinski definition) is 2. The highest BCUT2D eigenvalue weighted by Crippen LogP contribution is 2.21. The molecule has 1 aromatic carbocycles. The van der Waals surface area contributed by atoms with Gasteiger partial charge < -0.3 is 10.4 Å². The zero-order chi connectivity index (χ0) is 15.2. The van der Waals surface area contributed by atoms with E-state index >= 15 is 0 Å².